The van der Waals surface area contributed by atoms with Gasteiger partial charge < -0.3 is 9.67 Å². The maximum atomic E-state index is 13.6. The van der Waals surface area contributed by atoms with Gasteiger partial charge in [-0.2, -0.15) is 0 Å². The Bertz CT molecular complexity index is 1130. The zero-order valence-corrected chi connectivity index (χ0v) is 14.6. The third kappa shape index (κ3) is 2.76. The minimum atomic E-state index is -1.06. The van der Waals surface area contributed by atoms with Gasteiger partial charge in [0, 0.05) is 16.5 Å². The zero-order chi connectivity index (χ0) is 18.3. The largest absolute Gasteiger partial charge is 0.477 e. The van der Waals surface area contributed by atoms with E-state index in [0.29, 0.717) is 23.6 Å². The highest BCUT2D eigenvalue weighted by Crippen LogP contribution is 2.29. The molecule has 0 unspecified atom stereocenters. The summed E-state index contributed by atoms with van der Waals surface area (Å²) in [5.74, 6) is -1.17. The third-order valence-electron chi connectivity index (χ3n) is 4.20. The summed E-state index contributed by atoms with van der Waals surface area (Å²) < 4.78 is 16.4. The van der Waals surface area contributed by atoms with Gasteiger partial charge in [0.25, 0.3) is 0 Å². The molecule has 130 valence electrons. The molecule has 3 heterocycles. The second-order valence-corrected chi connectivity index (χ2v) is 6.82. The molecule has 4 rings (SSSR count). The van der Waals surface area contributed by atoms with Gasteiger partial charge in [-0.05, 0) is 35.4 Å². The predicted octanol–water partition coefficient (Wildman–Crippen LogP) is 4.35. The number of hydrogen-bond donors (Lipinski definition) is 1. The van der Waals surface area contributed by atoms with Crippen molar-refractivity contribution in [2.45, 2.75) is 13.5 Å². The number of aromatic nitrogens is 3. The average Bonchev–Trinajstić information content (AvgIpc) is 3.17. The Balaban J connectivity index is 1.90. The lowest BCUT2D eigenvalue weighted by molar-refractivity contribution is 0.0685. The first-order valence-corrected chi connectivity index (χ1v) is 8.79. The van der Waals surface area contributed by atoms with E-state index in [1.54, 1.807) is 22.8 Å². The van der Waals surface area contributed by atoms with E-state index in [9.17, 15) is 14.3 Å². The van der Waals surface area contributed by atoms with Crippen LogP contribution < -0.4 is 0 Å². The fourth-order valence-corrected chi connectivity index (χ4v) is 4.03. The number of carboxylic acids is 1. The smallest absolute Gasteiger partial charge is 0.354 e. The van der Waals surface area contributed by atoms with Crippen LogP contribution in [0.2, 0.25) is 0 Å². The average molecular weight is 367 g/mol. The number of benzene rings is 1. The van der Waals surface area contributed by atoms with E-state index in [1.165, 1.54) is 12.3 Å². The van der Waals surface area contributed by atoms with Crippen LogP contribution in [0.5, 0.6) is 0 Å². The fourth-order valence-electron chi connectivity index (χ4n) is 3.08. The molecule has 0 fully saturated rings. The van der Waals surface area contributed by atoms with Crippen molar-refractivity contribution in [1.29, 1.82) is 0 Å². The molecule has 26 heavy (non-hydrogen) atoms. The van der Waals surface area contributed by atoms with Crippen molar-refractivity contribution in [2.75, 3.05) is 0 Å². The molecule has 7 heteroatoms. The molecule has 0 bridgehead atoms. The molecule has 0 atom stereocenters. The van der Waals surface area contributed by atoms with E-state index in [0.717, 1.165) is 21.8 Å². The Kier molecular flexibility index (Phi) is 4.00. The molecule has 3 aromatic heterocycles. The van der Waals surface area contributed by atoms with Gasteiger partial charge >= 0.3 is 5.97 Å². The van der Waals surface area contributed by atoms with Crippen LogP contribution in [0.4, 0.5) is 4.39 Å². The quantitative estimate of drug-likeness (QED) is 0.582. The van der Waals surface area contributed by atoms with E-state index >= 15 is 0 Å². The molecule has 4 aromatic rings. The number of thiophene rings is 1. The molecule has 0 aliphatic rings. The van der Waals surface area contributed by atoms with Gasteiger partial charge in [-0.25, -0.2) is 14.2 Å². The number of carboxylic acid groups (broad SMARTS) is 1. The number of rotatable bonds is 4. The molecular weight excluding hydrogens is 353 g/mol. The van der Waals surface area contributed by atoms with Gasteiger partial charge in [-0.3, -0.25) is 4.98 Å². The van der Waals surface area contributed by atoms with Gasteiger partial charge in [0.05, 0.1) is 18.4 Å². The van der Waals surface area contributed by atoms with E-state index < -0.39 is 11.8 Å². The van der Waals surface area contributed by atoms with Crippen molar-refractivity contribution in [1.82, 2.24) is 14.5 Å². The maximum Gasteiger partial charge on any atom is 0.354 e. The van der Waals surface area contributed by atoms with Crippen molar-refractivity contribution in [3.05, 3.63) is 70.9 Å². The maximum absolute atomic E-state index is 13.6. The number of aromatic carboxylic acids is 1. The summed E-state index contributed by atoms with van der Waals surface area (Å²) >= 11 is 1.60. The van der Waals surface area contributed by atoms with Crippen molar-refractivity contribution in [2.24, 2.45) is 0 Å². The van der Waals surface area contributed by atoms with Crippen molar-refractivity contribution >= 4 is 27.4 Å². The number of hydrogen-bond acceptors (Lipinski definition) is 4. The van der Waals surface area contributed by atoms with E-state index in [4.69, 9.17) is 0 Å². The number of fused-ring (bicyclic) bond motifs is 1. The summed E-state index contributed by atoms with van der Waals surface area (Å²) in [5.41, 5.74) is 1.92. The summed E-state index contributed by atoms with van der Waals surface area (Å²) in [7, 11) is 0. The number of halogens is 1. The molecule has 0 saturated carbocycles. The molecule has 0 aliphatic carbocycles. The molecule has 5 nitrogen and oxygen atoms in total. The van der Waals surface area contributed by atoms with Crippen LogP contribution in [0.15, 0.2) is 48.1 Å². The Hall–Kier alpha value is -3.06. The lowest BCUT2D eigenvalue weighted by Gasteiger charge is -2.10. The van der Waals surface area contributed by atoms with Gasteiger partial charge in [-0.1, -0.05) is 18.2 Å². The summed E-state index contributed by atoms with van der Waals surface area (Å²) in [6, 6.07) is 9.26. The monoisotopic (exact) mass is 367 g/mol. The Morgan fingerprint density at radius 2 is 2.12 bits per heavy atom. The molecule has 1 aromatic carbocycles. The molecule has 0 spiro atoms. The van der Waals surface area contributed by atoms with Crippen molar-refractivity contribution < 1.29 is 14.3 Å². The third-order valence-corrected chi connectivity index (χ3v) is 5.21. The number of carbonyl (C=O) groups is 1. The van der Waals surface area contributed by atoms with Gasteiger partial charge in [-0.15, -0.1) is 11.3 Å². The van der Waals surface area contributed by atoms with E-state index in [1.807, 2.05) is 29.6 Å². The van der Waals surface area contributed by atoms with Gasteiger partial charge in [0.15, 0.2) is 5.69 Å². The van der Waals surface area contributed by atoms with E-state index in [2.05, 4.69) is 9.97 Å². The summed E-state index contributed by atoms with van der Waals surface area (Å²) in [6.45, 7) is 1.97. The number of nitrogens with zero attached hydrogens (tertiary/aromatic N) is 3. The van der Waals surface area contributed by atoms with Crippen LogP contribution in [0.25, 0.3) is 21.5 Å². The number of aryl methyl sites for hydroxylation is 1. The second-order valence-electron chi connectivity index (χ2n) is 5.91. The number of imidazole rings is 1. The highest BCUT2D eigenvalue weighted by Gasteiger charge is 2.22. The van der Waals surface area contributed by atoms with Gasteiger partial charge in [0.2, 0.25) is 0 Å². The van der Waals surface area contributed by atoms with Crippen molar-refractivity contribution in [3.8, 4) is 11.4 Å². The summed E-state index contributed by atoms with van der Waals surface area (Å²) in [6.07, 6.45) is 2.59. The normalized spacial score (nSPS) is 11.2. The molecular formula is C19H14FN3O2S. The lowest BCUT2D eigenvalue weighted by Crippen LogP contribution is -2.11. The topological polar surface area (TPSA) is 68.0 Å². The minimum Gasteiger partial charge on any atom is -0.477 e. The highest BCUT2D eigenvalue weighted by molar-refractivity contribution is 7.17. The molecule has 1 N–H and O–H groups in total. The molecule has 0 saturated heterocycles. The summed E-state index contributed by atoms with van der Waals surface area (Å²) in [4.78, 5) is 20.0. The molecule has 0 aliphatic heterocycles. The Morgan fingerprint density at radius 3 is 2.88 bits per heavy atom. The van der Waals surface area contributed by atoms with Gasteiger partial charge in [0.1, 0.15) is 11.6 Å². The van der Waals surface area contributed by atoms with Crippen LogP contribution in [-0.4, -0.2) is 25.6 Å². The van der Waals surface area contributed by atoms with Crippen LogP contribution in [0.1, 0.15) is 21.7 Å². The number of pyridine rings is 1. The highest BCUT2D eigenvalue weighted by atomic mass is 32.1. The molecule has 0 radical (unpaired) electrons. The van der Waals surface area contributed by atoms with E-state index in [-0.39, 0.29) is 5.69 Å². The fraction of sp³-hybridized carbons (Fsp3) is 0.105. The first kappa shape index (κ1) is 16.4. The lowest BCUT2D eigenvalue weighted by atomic mass is 10.1. The second kappa shape index (κ2) is 6.34. The SMILES string of the molecule is Cc1nc(-c2cncc(F)c2)n(Cc2csc3ccccc23)c1C(=O)O. The Morgan fingerprint density at radius 1 is 1.31 bits per heavy atom. The van der Waals surface area contributed by atoms with Crippen LogP contribution in [0.3, 0.4) is 0 Å². The standard InChI is InChI=1S/C19H14FN3O2S/c1-11-17(19(24)25)23(18(22-11)12-6-14(20)8-21-7-12)9-13-10-26-16-5-3-2-4-15(13)16/h2-8,10H,9H2,1H3,(H,24,25). The van der Waals surface area contributed by atoms with Crippen LogP contribution in [0, 0.1) is 12.7 Å². The van der Waals surface area contributed by atoms with Crippen LogP contribution >= 0.6 is 11.3 Å². The summed E-state index contributed by atoms with van der Waals surface area (Å²) in [5, 5.41) is 12.7. The minimum absolute atomic E-state index is 0.0968. The Labute approximate surface area is 152 Å². The first-order chi connectivity index (χ1) is 12.5. The van der Waals surface area contributed by atoms with Crippen LogP contribution in [-0.2, 0) is 6.54 Å². The molecule has 0 amide bonds. The zero-order valence-electron chi connectivity index (χ0n) is 13.8. The predicted molar refractivity (Wildman–Crippen MR) is 98.0 cm³/mol. The van der Waals surface area contributed by atoms with Crippen molar-refractivity contribution in [3.63, 3.8) is 0 Å². The first-order valence-electron chi connectivity index (χ1n) is 7.91.